The van der Waals surface area contributed by atoms with Crippen LogP contribution in [-0.4, -0.2) is 18.0 Å². The molecular formula is C20H24ClN. The van der Waals surface area contributed by atoms with Crippen molar-refractivity contribution in [3.63, 3.8) is 0 Å². The standard InChI is InChI=1S/C20H24ClN/c1-20(12-11-17-5-3-2-4-6-17)13-14-22(16-20)15-18-7-9-19(21)10-8-18/h2-10H,11-16H2,1H3/t20-/m1/s1. The molecule has 0 bridgehead atoms. The molecular weight excluding hydrogens is 290 g/mol. The van der Waals surface area contributed by atoms with Crippen LogP contribution in [0.1, 0.15) is 30.9 Å². The first-order chi connectivity index (χ1) is 10.6. The van der Waals surface area contributed by atoms with E-state index in [2.05, 4.69) is 54.3 Å². The summed E-state index contributed by atoms with van der Waals surface area (Å²) in [5.74, 6) is 0. The lowest BCUT2D eigenvalue weighted by Gasteiger charge is -2.25. The molecule has 2 aromatic rings. The minimum absolute atomic E-state index is 0.447. The van der Waals surface area contributed by atoms with Crippen LogP contribution in [0.5, 0.6) is 0 Å². The molecule has 1 saturated heterocycles. The number of hydrogen-bond donors (Lipinski definition) is 0. The molecule has 1 heterocycles. The lowest BCUT2D eigenvalue weighted by atomic mass is 9.83. The van der Waals surface area contributed by atoms with Gasteiger partial charge in [-0.2, -0.15) is 0 Å². The highest BCUT2D eigenvalue weighted by atomic mass is 35.5. The van der Waals surface area contributed by atoms with E-state index in [0.29, 0.717) is 5.41 Å². The second-order valence-electron chi connectivity index (χ2n) is 6.88. The summed E-state index contributed by atoms with van der Waals surface area (Å²) in [5, 5.41) is 0.817. The zero-order valence-corrected chi connectivity index (χ0v) is 14.0. The third kappa shape index (κ3) is 4.12. The third-order valence-corrected chi connectivity index (χ3v) is 5.07. The van der Waals surface area contributed by atoms with E-state index in [1.165, 1.54) is 43.5 Å². The lowest BCUT2D eigenvalue weighted by molar-refractivity contribution is 0.257. The van der Waals surface area contributed by atoms with Gasteiger partial charge in [-0.3, -0.25) is 4.90 Å². The normalized spacial score (nSPS) is 22.1. The molecule has 1 fully saturated rings. The predicted molar refractivity (Wildman–Crippen MR) is 94.2 cm³/mol. The van der Waals surface area contributed by atoms with Crippen LogP contribution >= 0.6 is 11.6 Å². The monoisotopic (exact) mass is 313 g/mol. The molecule has 22 heavy (non-hydrogen) atoms. The van der Waals surface area contributed by atoms with Crippen LogP contribution in [-0.2, 0) is 13.0 Å². The van der Waals surface area contributed by atoms with Crippen LogP contribution in [0.2, 0.25) is 5.02 Å². The Kier molecular flexibility index (Phi) is 4.85. The Balaban J connectivity index is 1.53. The van der Waals surface area contributed by atoms with Gasteiger partial charge in [0, 0.05) is 18.1 Å². The van der Waals surface area contributed by atoms with E-state index in [1.54, 1.807) is 0 Å². The highest BCUT2D eigenvalue weighted by molar-refractivity contribution is 6.30. The van der Waals surface area contributed by atoms with E-state index in [9.17, 15) is 0 Å². The van der Waals surface area contributed by atoms with E-state index in [-0.39, 0.29) is 0 Å². The third-order valence-electron chi connectivity index (χ3n) is 4.82. The van der Waals surface area contributed by atoms with Gasteiger partial charge in [-0.25, -0.2) is 0 Å². The summed E-state index contributed by atoms with van der Waals surface area (Å²) in [5.41, 5.74) is 3.26. The zero-order valence-electron chi connectivity index (χ0n) is 13.3. The fraction of sp³-hybridized carbons (Fsp3) is 0.400. The Labute approximate surface area is 138 Å². The van der Waals surface area contributed by atoms with Crippen LogP contribution in [0.15, 0.2) is 54.6 Å². The molecule has 0 spiro atoms. The van der Waals surface area contributed by atoms with Gasteiger partial charge in [-0.1, -0.05) is 61.0 Å². The van der Waals surface area contributed by atoms with Gasteiger partial charge in [0.05, 0.1) is 0 Å². The highest BCUT2D eigenvalue weighted by Gasteiger charge is 2.33. The maximum atomic E-state index is 5.96. The topological polar surface area (TPSA) is 3.24 Å². The quantitative estimate of drug-likeness (QED) is 0.734. The average molecular weight is 314 g/mol. The Bertz CT molecular complexity index is 593. The van der Waals surface area contributed by atoms with E-state index in [1.807, 2.05) is 12.1 Å². The molecule has 0 unspecified atom stereocenters. The van der Waals surface area contributed by atoms with Crippen molar-refractivity contribution in [2.45, 2.75) is 32.7 Å². The molecule has 1 aliphatic heterocycles. The molecule has 2 heteroatoms. The molecule has 1 aliphatic rings. The molecule has 3 rings (SSSR count). The van der Waals surface area contributed by atoms with Gasteiger partial charge >= 0.3 is 0 Å². The number of nitrogens with zero attached hydrogens (tertiary/aromatic N) is 1. The number of rotatable bonds is 5. The van der Waals surface area contributed by atoms with Crippen molar-refractivity contribution in [1.29, 1.82) is 0 Å². The van der Waals surface area contributed by atoms with Crippen molar-refractivity contribution in [3.05, 3.63) is 70.7 Å². The first-order valence-corrected chi connectivity index (χ1v) is 8.52. The predicted octanol–water partition coefficient (Wildman–Crippen LogP) is 5.18. The van der Waals surface area contributed by atoms with Crippen molar-refractivity contribution in [3.8, 4) is 0 Å². The van der Waals surface area contributed by atoms with Crippen LogP contribution in [0, 0.1) is 5.41 Å². The summed E-state index contributed by atoms with van der Waals surface area (Å²) in [4.78, 5) is 2.58. The van der Waals surface area contributed by atoms with Crippen molar-refractivity contribution in [1.82, 2.24) is 4.90 Å². The fourth-order valence-electron chi connectivity index (χ4n) is 3.40. The van der Waals surface area contributed by atoms with Crippen molar-refractivity contribution < 1.29 is 0 Å². The molecule has 2 aromatic carbocycles. The molecule has 0 amide bonds. The first kappa shape index (κ1) is 15.6. The molecule has 0 aliphatic carbocycles. The van der Waals surface area contributed by atoms with Crippen LogP contribution in [0.4, 0.5) is 0 Å². The number of hydrogen-bond acceptors (Lipinski definition) is 1. The maximum Gasteiger partial charge on any atom is 0.0406 e. The smallest absolute Gasteiger partial charge is 0.0406 e. The highest BCUT2D eigenvalue weighted by Crippen LogP contribution is 2.35. The molecule has 116 valence electrons. The van der Waals surface area contributed by atoms with Gasteiger partial charge in [0.1, 0.15) is 0 Å². The second-order valence-corrected chi connectivity index (χ2v) is 7.32. The number of benzene rings is 2. The summed E-state index contributed by atoms with van der Waals surface area (Å²) < 4.78 is 0. The molecule has 0 saturated carbocycles. The second kappa shape index (κ2) is 6.85. The summed E-state index contributed by atoms with van der Waals surface area (Å²) in [7, 11) is 0. The van der Waals surface area contributed by atoms with Crippen LogP contribution < -0.4 is 0 Å². The molecule has 1 atom stereocenters. The van der Waals surface area contributed by atoms with Gasteiger partial charge in [-0.05, 0) is 54.5 Å². The lowest BCUT2D eigenvalue weighted by Crippen LogP contribution is -2.25. The largest absolute Gasteiger partial charge is 0.299 e. The first-order valence-electron chi connectivity index (χ1n) is 8.14. The van der Waals surface area contributed by atoms with Crippen molar-refractivity contribution in [2.24, 2.45) is 5.41 Å². The summed E-state index contributed by atoms with van der Waals surface area (Å²) in [6.45, 7) is 5.88. The SMILES string of the molecule is C[C@@]1(CCc2ccccc2)CCN(Cc2ccc(Cl)cc2)C1. The van der Waals surface area contributed by atoms with E-state index < -0.39 is 0 Å². The van der Waals surface area contributed by atoms with Crippen LogP contribution in [0.25, 0.3) is 0 Å². The number of halogens is 1. The molecule has 1 nitrogen and oxygen atoms in total. The average Bonchev–Trinajstić information content (AvgIpc) is 2.90. The Morgan fingerprint density at radius 3 is 2.45 bits per heavy atom. The minimum atomic E-state index is 0.447. The van der Waals surface area contributed by atoms with E-state index in [0.717, 1.165) is 11.6 Å². The number of likely N-dealkylation sites (tertiary alicyclic amines) is 1. The van der Waals surface area contributed by atoms with Gasteiger partial charge < -0.3 is 0 Å². The van der Waals surface area contributed by atoms with Crippen molar-refractivity contribution >= 4 is 11.6 Å². The maximum absolute atomic E-state index is 5.96. The molecule has 0 aromatic heterocycles. The van der Waals surface area contributed by atoms with Gasteiger partial charge in [-0.15, -0.1) is 0 Å². The van der Waals surface area contributed by atoms with Gasteiger partial charge in [0.15, 0.2) is 0 Å². The van der Waals surface area contributed by atoms with Gasteiger partial charge in [0.25, 0.3) is 0 Å². The zero-order chi connectivity index (χ0) is 15.4. The molecule has 0 radical (unpaired) electrons. The summed E-state index contributed by atoms with van der Waals surface area (Å²) >= 11 is 5.96. The van der Waals surface area contributed by atoms with Crippen molar-refractivity contribution in [2.75, 3.05) is 13.1 Å². The Morgan fingerprint density at radius 2 is 1.73 bits per heavy atom. The summed E-state index contributed by atoms with van der Waals surface area (Å²) in [6.07, 6.45) is 3.76. The minimum Gasteiger partial charge on any atom is -0.299 e. The van der Waals surface area contributed by atoms with Crippen LogP contribution in [0.3, 0.4) is 0 Å². The number of aryl methyl sites for hydroxylation is 1. The van der Waals surface area contributed by atoms with E-state index in [4.69, 9.17) is 11.6 Å². The Morgan fingerprint density at radius 1 is 1.00 bits per heavy atom. The van der Waals surface area contributed by atoms with E-state index >= 15 is 0 Å². The molecule has 0 N–H and O–H groups in total. The summed E-state index contributed by atoms with van der Waals surface area (Å²) in [6, 6.07) is 19.1. The Hall–Kier alpha value is -1.31. The fourth-order valence-corrected chi connectivity index (χ4v) is 3.53. The van der Waals surface area contributed by atoms with Gasteiger partial charge in [0.2, 0.25) is 0 Å².